The van der Waals surface area contributed by atoms with E-state index in [2.05, 4.69) is 46.9 Å². The molecular formula is C15H15N3S. The number of H-pyrrole nitrogens is 1. The number of aromatic nitrogens is 2. The van der Waals surface area contributed by atoms with Crippen LogP contribution in [0.4, 0.5) is 5.69 Å². The van der Waals surface area contributed by atoms with E-state index in [1.54, 1.807) is 11.3 Å². The van der Waals surface area contributed by atoms with Crippen LogP contribution in [0.5, 0.6) is 0 Å². The predicted octanol–water partition coefficient (Wildman–Crippen LogP) is 4.16. The summed E-state index contributed by atoms with van der Waals surface area (Å²) in [6.07, 6.45) is 0. The fraction of sp³-hybridized carbons (Fsp3) is 0.133. The van der Waals surface area contributed by atoms with Gasteiger partial charge in [0, 0.05) is 24.0 Å². The first-order valence-electron chi connectivity index (χ1n) is 6.16. The second-order valence-corrected chi connectivity index (χ2v) is 5.31. The van der Waals surface area contributed by atoms with E-state index in [-0.39, 0.29) is 0 Å². The highest BCUT2D eigenvalue weighted by atomic mass is 32.1. The molecule has 2 N–H and O–H groups in total. The van der Waals surface area contributed by atoms with E-state index >= 15 is 0 Å². The van der Waals surface area contributed by atoms with E-state index in [1.165, 1.54) is 4.88 Å². The van der Waals surface area contributed by atoms with Gasteiger partial charge in [-0.3, -0.25) is 0 Å². The molecule has 0 spiro atoms. The highest BCUT2D eigenvalue weighted by molar-refractivity contribution is 7.13. The van der Waals surface area contributed by atoms with Gasteiger partial charge in [0.1, 0.15) is 11.5 Å². The minimum Gasteiger partial charge on any atom is -0.388 e. The van der Waals surface area contributed by atoms with E-state index < -0.39 is 0 Å². The van der Waals surface area contributed by atoms with Crippen LogP contribution >= 0.6 is 11.3 Å². The molecule has 0 bridgehead atoms. The predicted molar refractivity (Wildman–Crippen MR) is 81.6 cm³/mol. The van der Waals surface area contributed by atoms with Crippen molar-refractivity contribution in [2.75, 3.05) is 12.4 Å². The highest BCUT2D eigenvalue weighted by Gasteiger charge is 2.11. The van der Waals surface area contributed by atoms with Gasteiger partial charge in [-0.1, -0.05) is 18.2 Å². The van der Waals surface area contributed by atoms with E-state index in [1.807, 2.05) is 19.2 Å². The molecule has 0 fully saturated rings. The van der Waals surface area contributed by atoms with Crippen LogP contribution in [0.1, 0.15) is 5.69 Å². The molecule has 0 amide bonds. The molecule has 0 aliphatic carbocycles. The number of imidazole rings is 1. The molecule has 0 atom stereocenters. The van der Waals surface area contributed by atoms with E-state index in [0.29, 0.717) is 0 Å². The van der Waals surface area contributed by atoms with Gasteiger partial charge in [0.25, 0.3) is 0 Å². The molecule has 0 aliphatic heterocycles. The van der Waals surface area contributed by atoms with Crippen molar-refractivity contribution in [2.24, 2.45) is 0 Å². The van der Waals surface area contributed by atoms with Crippen LogP contribution in [0.2, 0.25) is 0 Å². The quantitative estimate of drug-likeness (QED) is 0.749. The zero-order chi connectivity index (χ0) is 13.2. The summed E-state index contributed by atoms with van der Waals surface area (Å²) in [5, 5.41) is 5.22. The van der Waals surface area contributed by atoms with Gasteiger partial charge >= 0.3 is 0 Å². The third kappa shape index (κ3) is 2.27. The monoisotopic (exact) mass is 269 g/mol. The maximum absolute atomic E-state index is 4.72. The summed E-state index contributed by atoms with van der Waals surface area (Å²) in [4.78, 5) is 9.29. The fourth-order valence-electron chi connectivity index (χ4n) is 2.07. The normalized spacial score (nSPS) is 10.6. The average Bonchev–Trinajstić information content (AvgIpc) is 3.07. The molecule has 2 heterocycles. The molecule has 1 aromatic carbocycles. The minimum absolute atomic E-state index is 0.915. The first-order valence-corrected chi connectivity index (χ1v) is 7.04. The molecule has 0 unspecified atom stereocenters. The number of hydrogen-bond donors (Lipinski definition) is 2. The maximum atomic E-state index is 4.72. The lowest BCUT2D eigenvalue weighted by molar-refractivity contribution is 1.25. The van der Waals surface area contributed by atoms with Gasteiger partial charge in [-0.25, -0.2) is 4.98 Å². The SMILES string of the molecule is CNc1cccc(-c2nc(-c3cccs3)c(C)[nH]2)c1. The maximum Gasteiger partial charge on any atom is 0.138 e. The zero-order valence-corrected chi connectivity index (χ0v) is 11.7. The largest absolute Gasteiger partial charge is 0.388 e. The van der Waals surface area contributed by atoms with Crippen LogP contribution in [0.25, 0.3) is 22.0 Å². The van der Waals surface area contributed by atoms with Crippen molar-refractivity contribution >= 4 is 17.0 Å². The van der Waals surface area contributed by atoms with Crippen LogP contribution in [-0.4, -0.2) is 17.0 Å². The van der Waals surface area contributed by atoms with Crippen LogP contribution in [-0.2, 0) is 0 Å². The molecule has 0 radical (unpaired) electrons. The van der Waals surface area contributed by atoms with E-state index in [4.69, 9.17) is 4.98 Å². The fourth-order valence-corrected chi connectivity index (χ4v) is 2.84. The Morgan fingerprint density at radius 1 is 1.21 bits per heavy atom. The molecule has 3 rings (SSSR count). The average molecular weight is 269 g/mol. The van der Waals surface area contributed by atoms with Crippen molar-refractivity contribution in [3.05, 3.63) is 47.5 Å². The molecule has 96 valence electrons. The van der Waals surface area contributed by atoms with E-state index in [0.717, 1.165) is 28.5 Å². The third-order valence-corrected chi connectivity index (χ3v) is 3.94. The van der Waals surface area contributed by atoms with Gasteiger partial charge in [0.2, 0.25) is 0 Å². The second-order valence-electron chi connectivity index (χ2n) is 4.37. The van der Waals surface area contributed by atoms with Gasteiger partial charge < -0.3 is 10.3 Å². The first-order chi connectivity index (χ1) is 9.28. The first kappa shape index (κ1) is 12.0. The summed E-state index contributed by atoms with van der Waals surface area (Å²) < 4.78 is 0. The Morgan fingerprint density at radius 3 is 2.84 bits per heavy atom. The Hall–Kier alpha value is -2.07. The Labute approximate surface area is 116 Å². The summed E-state index contributed by atoms with van der Waals surface area (Å²) in [7, 11) is 1.92. The zero-order valence-electron chi connectivity index (χ0n) is 10.9. The molecule has 4 heteroatoms. The Balaban J connectivity index is 2.04. The number of hydrogen-bond acceptors (Lipinski definition) is 3. The van der Waals surface area contributed by atoms with Gasteiger partial charge in [0.15, 0.2) is 0 Å². The topological polar surface area (TPSA) is 40.7 Å². The van der Waals surface area contributed by atoms with Gasteiger partial charge in [0.05, 0.1) is 4.88 Å². The Kier molecular flexibility index (Phi) is 3.09. The molecule has 2 aromatic heterocycles. The Morgan fingerprint density at radius 2 is 2.11 bits per heavy atom. The summed E-state index contributed by atoms with van der Waals surface area (Å²) >= 11 is 1.71. The van der Waals surface area contributed by atoms with E-state index in [9.17, 15) is 0 Å². The van der Waals surface area contributed by atoms with Crippen LogP contribution in [0.3, 0.4) is 0 Å². The third-order valence-electron chi connectivity index (χ3n) is 3.06. The molecule has 0 aliphatic rings. The summed E-state index contributed by atoms with van der Waals surface area (Å²) in [6, 6.07) is 12.4. The lowest BCUT2D eigenvalue weighted by atomic mass is 10.2. The Bertz CT molecular complexity index is 683. The van der Waals surface area contributed by atoms with Crippen LogP contribution < -0.4 is 5.32 Å². The number of benzene rings is 1. The minimum atomic E-state index is 0.915. The number of nitrogens with one attached hydrogen (secondary N) is 2. The van der Waals surface area contributed by atoms with Crippen molar-refractivity contribution in [1.29, 1.82) is 0 Å². The molecule has 3 aromatic rings. The number of aryl methyl sites for hydroxylation is 1. The number of thiophene rings is 1. The summed E-state index contributed by atoms with van der Waals surface area (Å²) in [5.41, 5.74) is 4.33. The lowest BCUT2D eigenvalue weighted by Crippen LogP contribution is -1.88. The standard InChI is InChI=1S/C15H15N3S/c1-10-14(13-7-4-8-19-13)18-15(17-10)11-5-3-6-12(9-11)16-2/h3-9,16H,1-2H3,(H,17,18). The molecule has 0 saturated carbocycles. The van der Waals surface area contributed by atoms with Crippen molar-refractivity contribution in [2.45, 2.75) is 6.92 Å². The molecule has 0 saturated heterocycles. The number of rotatable bonds is 3. The molecular weight excluding hydrogens is 254 g/mol. The number of nitrogens with zero attached hydrogens (tertiary/aromatic N) is 1. The van der Waals surface area contributed by atoms with Crippen molar-refractivity contribution in [3.8, 4) is 22.0 Å². The highest BCUT2D eigenvalue weighted by Crippen LogP contribution is 2.29. The number of anilines is 1. The van der Waals surface area contributed by atoms with Crippen LogP contribution in [0, 0.1) is 6.92 Å². The van der Waals surface area contributed by atoms with Gasteiger partial charge in [-0.05, 0) is 30.5 Å². The summed E-state index contributed by atoms with van der Waals surface area (Å²) in [6.45, 7) is 2.06. The van der Waals surface area contributed by atoms with Gasteiger partial charge in [-0.2, -0.15) is 0 Å². The lowest BCUT2D eigenvalue weighted by Gasteiger charge is -2.01. The van der Waals surface area contributed by atoms with Crippen LogP contribution in [0.15, 0.2) is 41.8 Å². The second kappa shape index (κ2) is 4.90. The number of aromatic amines is 1. The van der Waals surface area contributed by atoms with Crippen molar-refractivity contribution < 1.29 is 0 Å². The van der Waals surface area contributed by atoms with Crippen molar-refractivity contribution in [3.63, 3.8) is 0 Å². The molecule has 3 nitrogen and oxygen atoms in total. The smallest absolute Gasteiger partial charge is 0.138 e. The van der Waals surface area contributed by atoms with Crippen molar-refractivity contribution in [1.82, 2.24) is 9.97 Å². The summed E-state index contributed by atoms with van der Waals surface area (Å²) in [5.74, 6) is 0.915. The molecule has 19 heavy (non-hydrogen) atoms. The van der Waals surface area contributed by atoms with Gasteiger partial charge in [-0.15, -0.1) is 11.3 Å².